The standard InChI is InChI=1S/C15H23N/c1-3-4-5-13-10-12(2)6-7-14(13)11-16-15-8-9-15/h6-7,10,15-16H,3-5,8-9,11H2,1-2H3. The number of hydrogen-bond acceptors (Lipinski definition) is 1. The van der Waals surface area contributed by atoms with Crippen molar-refractivity contribution in [2.24, 2.45) is 0 Å². The second kappa shape index (κ2) is 5.49. The molecule has 1 nitrogen and oxygen atoms in total. The highest BCUT2D eigenvalue weighted by molar-refractivity contribution is 5.31. The first-order valence-electron chi connectivity index (χ1n) is 6.61. The highest BCUT2D eigenvalue weighted by Gasteiger charge is 2.20. The van der Waals surface area contributed by atoms with Crippen molar-refractivity contribution in [1.29, 1.82) is 0 Å². The smallest absolute Gasteiger partial charge is 0.0210 e. The van der Waals surface area contributed by atoms with E-state index in [1.54, 1.807) is 5.56 Å². The first kappa shape index (κ1) is 11.7. The van der Waals surface area contributed by atoms with Gasteiger partial charge in [-0.05, 0) is 43.7 Å². The Morgan fingerprint density at radius 2 is 2.06 bits per heavy atom. The summed E-state index contributed by atoms with van der Waals surface area (Å²) in [7, 11) is 0. The summed E-state index contributed by atoms with van der Waals surface area (Å²) in [6.07, 6.45) is 6.56. The van der Waals surface area contributed by atoms with Crippen LogP contribution in [0.3, 0.4) is 0 Å². The molecule has 88 valence electrons. The normalized spacial score (nSPS) is 15.4. The minimum absolute atomic E-state index is 0.806. The van der Waals surface area contributed by atoms with Gasteiger partial charge in [0.15, 0.2) is 0 Å². The fourth-order valence-electron chi connectivity index (χ4n) is 2.07. The molecule has 1 aliphatic carbocycles. The van der Waals surface area contributed by atoms with Gasteiger partial charge in [-0.25, -0.2) is 0 Å². The van der Waals surface area contributed by atoms with Crippen molar-refractivity contribution < 1.29 is 0 Å². The summed E-state index contributed by atoms with van der Waals surface area (Å²) in [4.78, 5) is 0. The van der Waals surface area contributed by atoms with E-state index >= 15 is 0 Å². The van der Waals surface area contributed by atoms with Crippen LogP contribution in [-0.4, -0.2) is 6.04 Å². The lowest BCUT2D eigenvalue weighted by molar-refractivity contribution is 0.677. The molecule has 2 rings (SSSR count). The molecule has 0 aliphatic heterocycles. The van der Waals surface area contributed by atoms with Crippen LogP contribution >= 0.6 is 0 Å². The SMILES string of the molecule is CCCCc1cc(C)ccc1CNC1CC1. The van der Waals surface area contributed by atoms with Gasteiger partial charge in [-0.1, -0.05) is 37.1 Å². The lowest BCUT2D eigenvalue weighted by atomic mass is 9.99. The largest absolute Gasteiger partial charge is 0.310 e. The number of rotatable bonds is 6. The minimum atomic E-state index is 0.806. The summed E-state index contributed by atoms with van der Waals surface area (Å²) in [5, 5.41) is 3.61. The third-order valence-electron chi connectivity index (χ3n) is 3.32. The van der Waals surface area contributed by atoms with Crippen molar-refractivity contribution in [3.8, 4) is 0 Å². The monoisotopic (exact) mass is 217 g/mol. The van der Waals surface area contributed by atoms with Crippen molar-refractivity contribution >= 4 is 0 Å². The van der Waals surface area contributed by atoms with Crippen molar-refractivity contribution in [2.45, 2.75) is 58.5 Å². The molecule has 0 unspecified atom stereocenters. The molecule has 0 spiro atoms. The molecule has 1 aromatic carbocycles. The average Bonchev–Trinajstić information content (AvgIpc) is 3.09. The molecule has 0 bridgehead atoms. The van der Waals surface area contributed by atoms with Crippen LogP contribution in [0.25, 0.3) is 0 Å². The Morgan fingerprint density at radius 1 is 1.25 bits per heavy atom. The van der Waals surface area contributed by atoms with Gasteiger partial charge in [0.2, 0.25) is 0 Å². The molecule has 1 aromatic rings. The van der Waals surface area contributed by atoms with Crippen molar-refractivity contribution in [3.05, 3.63) is 34.9 Å². The van der Waals surface area contributed by atoms with Crippen LogP contribution in [0.4, 0.5) is 0 Å². The minimum Gasteiger partial charge on any atom is -0.310 e. The van der Waals surface area contributed by atoms with Gasteiger partial charge in [0.05, 0.1) is 0 Å². The zero-order valence-electron chi connectivity index (χ0n) is 10.6. The summed E-state index contributed by atoms with van der Waals surface area (Å²) in [5.41, 5.74) is 4.45. The Bertz CT molecular complexity index is 339. The third kappa shape index (κ3) is 3.34. The van der Waals surface area contributed by atoms with Gasteiger partial charge in [0, 0.05) is 12.6 Å². The van der Waals surface area contributed by atoms with Crippen molar-refractivity contribution in [1.82, 2.24) is 5.32 Å². The number of hydrogen-bond donors (Lipinski definition) is 1. The maximum Gasteiger partial charge on any atom is 0.0210 e. The quantitative estimate of drug-likeness (QED) is 0.768. The Hall–Kier alpha value is -0.820. The molecule has 0 atom stereocenters. The molecule has 0 radical (unpaired) electrons. The van der Waals surface area contributed by atoms with Crippen molar-refractivity contribution in [2.75, 3.05) is 0 Å². The Labute approximate surface area is 99.3 Å². The van der Waals surface area contributed by atoms with Gasteiger partial charge in [-0.2, -0.15) is 0 Å². The second-order valence-corrected chi connectivity index (χ2v) is 5.03. The van der Waals surface area contributed by atoms with E-state index in [0.29, 0.717) is 0 Å². The Kier molecular flexibility index (Phi) is 4.00. The van der Waals surface area contributed by atoms with Gasteiger partial charge in [0.25, 0.3) is 0 Å². The number of unbranched alkanes of at least 4 members (excludes halogenated alkanes) is 1. The molecule has 1 saturated carbocycles. The van der Waals surface area contributed by atoms with E-state index in [-0.39, 0.29) is 0 Å². The highest BCUT2D eigenvalue weighted by Crippen LogP contribution is 2.21. The molecule has 16 heavy (non-hydrogen) atoms. The van der Waals surface area contributed by atoms with E-state index in [4.69, 9.17) is 0 Å². The van der Waals surface area contributed by atoms with Gasteiger partial charge >= 0.3 is 0 Å². The fourth-order valence-corrected chi connectivity index (χ4v) is 2.07. The molecular weight excluding hydrogens is 194 g/mol. The van der Waals surface area contributed by atoms with Crippen LogP contribution in [0.5, 0.6) is 0 Å². The lowest BCUT2D eigenvalue weighted by Crippen LogP contribution is -2.16. The van der Waals surface area contributed by atoms with E-state index in [9.17, 15) is 0 Å². The van der Waals surface area contributed by atoms with E-state index in [1.807, 2.05) is 0 Å². The molecule has 1 fully saturated rings. The summed E-state index contributed by atoms with van der Waals surface area (Å²) in [6, 6.07) is 7.70. The first-order chi connectivity index (χ1) is 7.79. The predicted octanol–water partition coefficient (Wildman–Crippen LogP) is 3.59. The molecule has 0 saturated heterocycles. The van der Waals surface area contributed by atoms with E-state index < -0.39 is 0 Å². The molecule has 1 aliphatic rings. The van der Waals surface area contributed by atoms with Crippen LogP contribution in [0, 0.1) is 6.92 Å². The van der Waals surface area contributed by atoms with E-state index in [0.717, 1.165) is 12.6 Å². The van der Waals surface area contributed by atoms with Crippen LogP contribution in [0.15, 0.2) is 18.2 Å². The van der Waals surface area contributed by atoms with E-state index in [2.05, 4.69) is 37.4 Å². The van der Waals surface area contributed by atoms with Crippen LogP contribution < -0.4 is 5.32 Å². The van der Waals surface area contributed by atoms with Crippen LogP contribution in [-0.2, 0) is 13.0 Å². The molecule has 0 heterocycles. The zero-order chi connectivity index (χ0) is 11.4. The Balaban J connectivity index is 2.00. The van der Waals surface area contributed by atoms with E-state index in [1.165, 1.54) is 43.2 Å². The molecular formula is C15H23N. The molecule has 1 heteroatoms. The fraction of sp³-hybridized carbons (Fsp3) is 0.600. The predicted molar refractivity (Wildman–Crippen MR) is 69.7 cm³/mol. The molecule has 0 amide bonds. The summed E-state index contributed by atoms with van der Waals surface area (Å²) >= 11 is 0. The maximum atomic E-state index is 3.61. The van der Waals surface area contributed by atoms with Crippen LogP contribution in [0.2, 0.25) is 0 Å². The number of nitrogens with one attached hydrogen (secondary N) is 1. The molecule has 0 aromatic heterocycles. The van der Waals surface area contributed by atoms with Gasteiger partial charge in [0.1, 0.15) is 0 Å². The maximum absolute atomic E-state index is 3.61. The second-order valence-electron chi connectivity index (χ2n) is 5.03. The van der Waals surface area contributed by atoms with Gasteiger partial charge < -0.3 is 5.32 Å². The van der Waals surface area contributed by atoms with Gasteiger partial charge in [-0.15, -0.1) is 0 Å². The summed E-state index contributed by atoms with van der Waals surface area (Å²) in [5.74, 6) is 0. The highest BCUT2D eigenvalue weighted by atomic mass is 14.9. The summed E-state index contributed by atoms with van der Waals surface area (Å²) < 4.78 is 0. The zero-order valence-corrected chi connectivity index (χ0v) is 10.6. The average molecular weight is 217 g/mol. The number of benzene rings is 1. The van der Waals surface area contributed by atoms with Crippen LogP contribution in [0.1, 0.15) is 49.3 Å². The summed E-state index contributed by atoms with van der Waals surface area (Å²) in [6.45, 7) is 5.51. The topological polar surface area (TPSA) is 12.0 Å². The lowest BCUT2D eigenvalue weighted by Gasteiger charge is -2.11. The first-order valence-corrected chi connectivity index (χ1v) is 6.61. The number of aryl methyl sites for hydroxylation is 2. The van der Waals surface area contributed by atoms with Crippen molar-refractivity contribution in [3.63, 3.8) is 0 Å². The Morgan fingerprint density at radius 3 is 2.75 bits per heavy atom. The third-order valence-corrected chi connectivity index (χ3v) is 3.32. The van der Waals surface area contributed by atoms with Gasteiger partial charge in [-0.3, -0.25) is 0 Å². The molecule has 1 N–H and O–H groups in total.